The van der Waals surface area contributed by atoms with E-state index < -0.39 is 0 Å². The molecule has 0 saturated carbocycles. The zero-order valence-corrected chi connectivity index (χ0v) is 9.32. The van der Waals surface area contributed by atoms with Crippen LogP contribution < -0.4 is 5.73 Å². The minimum Gasteiger partial charge on any atom is -0.330 e. The lowest BCUT2D eigenvalue weighted by atomic mass is 9.71. The topological polar surface area (TPSA) is 26.0 Å². The number of hydrogen-bond donors (Lipinski definition) is 1. The van der Waals surface area contributed by atoms with Gasteiger partial charge in [0.1, 0.15) is 0 Å². The quantitative estimate of drug-likeness (QED) is 0.664. The highest BCUT2D eigenvalue weighted by molar-refractivity contribution is 5.22. The SMILES string of the molecule is CC1=C(CCCN)C(C)(C)CCC1. The third kappa shape index (κ3) is 2.57. The molecule has 0 atom stereocenters. The zero-order chi connectivity index (χ0) is 9.90. The summed E-state index contributed by atoms with van der Waals surface area (Å²) >= 11 is 0. The average molecular weight is 181 g/mol. The summed E-state index contributed by atoms with van der Waals surface area (Å²) in [5.74, 6) is 0. The van der Waals surface area contributed by atoms with Gasteiger partial charge in [-0.05, 0) is 51.0 Å². The summed E-state index contributed by atoms with van der Waals surface area (Å²) in [7, 11) is 0. The standard InChI is InChI=1S/C12H23N/c1-10-6-4-8-12(2,3)11(10)7-5-9-13/h4-9,13H2,1-3H3. The molecule has 0 aromatic heterocycles. The molecule has 0 heterocycles. The van der Waals surface area contributed by atoms with Gasteiger partial charge in [0, 0.05) is 0 Å². The van der Waals surface area contributed by atoms with Gasteiger partial charge in [0.2, 0.25) is 0 Å². The molecule has 1 aliphatic rings. The molecule has 0 amide bonds. The second-order valence-corrected chi connectivity index (χ2v) is 4.89. The Balaban J connectivity index is 2.73. The Kier molecular flexibility index (Phi) is 3.55. The molecule has 2 N–H and O–H groups in total. The van der Waals surface area contributed by atoms with E-state index in [-0.39, 0.29) is 0 Å². The van der Waals surface area contributed by atoms with Crippen LogP contribution in [0.2, 0.25) is 0 Å². The Labute approximate surface area is 82.4 Å². The van der Waals surface area contributed by atoms with Gasteiger partial charge in [-0.25, -0.2) is 0 Å². The molecule has 1 heteroatoms. The maximum atomic E-state index is 5.56. The Morgan fingerprint density at radius 1 is 1.38 bits per heavy atom. The molecule has 0 radical (unpaired) electrons. The molecule has 1 aliphatic carbocycles. The van der Waals surface area contributed by atoms with Crippen LogP contribution in [0.3, 0.4) is 0 Å². The maximum absolute atomic E-state index is 5.56. The van der Waals surface area contributed by atoms with Crippen molar-refractivity contribution in [3.63, 3.8) is 0 Å². The van der Waals surface area contributed by atoms with Crippen LogP contribution in [0.15, 0.2) is 11.1 Å². The van der Waals surface area contributed by atoms with Gasteiger partial charge in [-0.1, -0.05) is 25.0 Å². The summed E-state index contributed by atoms with van der Waals surface area (Å²) in [5.41, 5.74) is 9.31. The minimum atomic E-state index is 0.442. The lowest BCUT2D eigenvalue weighted by Gasteiger charge is -2.34. The molecule has 0 aliphatic heterocycles. The van der Waals surface area contributed by atoms with Gasteiger partial charge in [0.15, 0.2) is 0 Å². The lowest BCUT2D eigenvalue weighted by molar-refractivity contribution is 0.352. The van der Waals surface area contributed by atoms with Gasteiger partial charge < -0.3 is 5.73 Å². The second kappa shape index (κ2) is 4.28. The molecular weight excluding hydrogens is 158 g/mol. The van der Waals surface area contributed by atoms with Crippen LogP contribution in [0.25, 0.3) is 0 Å². The van der Waals surface area contributed by atoms with Gasteiger partial charge in [-0.2, -0.15) is 0 Å². The van der Waals surface area contributed by atoms with E-state index in [1.807, 2.05) is 0 Å². The zero-order valence-electron chi connectivity index (χ0n) is 9.32. The van der Waals surface area contributed by atoms with Crippen molar-refractivity contribution in [3.8, 4) is 0 Å². The van der Waals surface area contributed by atoms with E-state index in [1.165, 1.54) is 25.7 Å². The fourth-order valence-electron chi connectivity index (χ4n) is 2.51. The largest absolute Gasteiger partial charge is 0.330 e. The highest BCUT2D eigenvalue weighted by atomic mass is 14.5. The van der Waals surface area contributed by atoms with Crippen LogP contribution in [-0.4, -0.2) is 6.54 Å². The third-order valence-corrected chi connectivity index (χ3v) is 3.32. The molecule has 0 bridgehead atoms. The van der Waals surface area contributed by atoms with Crippen molar-refractivity contribution in [3.05, 3.63) is 11.1 Å². The average Bonchev–Trinajstić information content (AvgIpc) is 2.02. The molecule has 76 valence electrons. The lowest BCUT2D eigenvalue weighted by Crippen LogP contribution is -2.21. The summed E-state index contributed by atoms with van der Waals surface area (Å²) in [6.07, 6.45) is 6.39. The second-order valence-electron chi connectivity index (χ2n) is 4.89. The van der Waals surface area contributed by atoms with Crippen LogP contribution in [-0.2, 0) is 0 Å². The van der Waals surface area contributed by atoms with Crippen molar-refractivity contribution in [2.24, 2.45) is 11.1 Å². The van der Waals surface area contributed by atoms with E-state index in [4.69, 9.17) is 5.73 Å². The Bertz CT molecular complexity index is 201. The number of allylic oxidation sites excluding steroid dienone is 2. The van der Waals surface area contributed by atoms with E-state index in [0.29, 0.717) is 5.41 Å². The fourth-order valence-corrected chi connectivity index (χ4v) is 2.51. The Morgan fingerprint density at radius 2 is 2.08 bits per heavy atom. The monoisotopic (exact) mass is 181 g/mol. The molecule has 1 nitrogen and oxygen atoms in total. The van der Waals surface area contributed by atoms with Crippen LogP contribution in [0.4, 0.5) is 0 Å². The molecule has 0 aromatic rings. The highest BCUT2D eigenvalue weighted by Gasteiger charge is 2.27. The predicted molar refractivity (Wildman–Crippen MR) is 58.6 cm³/mol. The van der Waals surface area contributed by atoms with E-state index >= 15 is 0 Å². The molecule has 0 unspecified atom stereocenters. The smallest absolute Gasteiger partial charge is 0.00742 e. The van der Waals surface area contributed by atoms with Crippen molar-refractivity contribution in [1.82, 2.24) is 0 Å². The van der Waals surface area contributed by atoms with Crippen LogP contribution in [0.1, 0.15) is 52.9 Å². The normalized spacial score (nSPS) is 22.2. The first-order valence-electron chi connectivity index (χ1n) is 5.47. The highest BCUT2D eigenvalue weighted by Crippen LogP contribution is 2.41. The maximum Gasteiger partial charge on any atom is -0.00742 e. The van der Waals surface area contributed by atoms with Gasteiger partial charge in [-0.3, -0.25) is 0 Å². The van der Waals surface area contributed by atoms with Crippen molar-refractivity contribution < 1.29 is 0 Å². The van der Waals surface area contributed by atoms with E-state index in [9.17, 15) is 0 Å². The molecule has 0 aromatic carbocycles. The first-order chi connectivity index (χ1) is 6.08. The van der Waals surface area contributed by atoms with Crippen molar-refractivity contribution in [2.75, 3.05) is 6.54 Å². The summed E-state index contributed by atoms with van der Waals surface area (Å²) in [5, 5.41) is 0. The molecule has 0 saturated heterocycles. The molecule has 13 heavy (non-hydrogen) atoms. The number of rotatable bonds is 3. The summed E-state index contributed by atoms with van der Waals surface area (Å²) in [6.45, 7) is 7.88. The van der Waals surface area contributed by atoms with Crippen LogP contribution in [0.5, 0.6) is 0 Å². The summed E-state index contributed by atoms with van der Waals surface area (Å²) in [6, 6.07) is 0. The molecule has 0 spiro atoms. The van der Waals surface area contributed by atoms with E-state index in [0.717, 1.165) is 13.0 Å². The number of hydrogen-bond acceptors (Lipinski definition) is 1. The predicted octanol–water partition coefficient (Wildman–Crippen LogP) is 3.25. The van der Waals surface area contributed by atoms with Gasteiger partial charge in [0.25, 0.3) is 0 Å². The Morgan fingerprint density at radius 3 is 2.62 bits per heavy atom. The van der Waals surface area contributed by atoms with Gasteiger partial charge in [-0.15, -0.1) is 0 Å². The summed E-state index contributed by atoms with van der Waals surface area (Å²) in [4.78, 5) is 0. The van der Waals surface area contributed by atoms with Crippen molar-refractivity contribution in [2.45, 2.75) is 52.9 Å². The van der Waals surface area contributed by atoms with Gasteiger partial charge >= 0.3 is 0 Å². The van der Waals surface area contributed by atoms with Crippen LogP contribution in [0, 0.1) is 5.41 Å². The molecule has 1 rings (SSSR count). The summed E-state index contributed by atoms with van der Waals surface area (Å²) < 4.78 is 0. The number of nitrogens with two attached hydrogens (primary N) is 1. The van der Waals surface area contributed by atoms with Crippen molar-refractivity contribution >= 4 is 0 Å². The van der Waals surface area contributed by atoms with E-state index in [2.05, 4.69) is 20.8 Å². The van der Waals surface area contributed by atoms with Gasteiger partial charge in [0.05, 0.1) is 0 Å². The Hall–Kier alpha value is -0.300. The molecular formula is C12H23N. The van der Waals surface area contributed by atoms with Crippen LogP contribution >= 0.6 is 0 Å². The minimum absolute atomic E-state index is 0.442. The third-order valence-electron chi connectivity index (χ3n) is 3.32. The molecule has 0 fully saturated rings. The first kappa shape index (κ1) is 10.8. The fraction of sp³-hybridized carbons (Fsp3) is 0.833. The van der Waals surface area contributed by atoms with Crippen molar-refractivity contribution in [1.29, 1.82) is 0 Å². The first-order valence-corrected chi connectivity index (χ1v) is 5.47. The van der Waals surface area contributed by atoms with E-state index in [1.54, 1.807) is 11.1 Å².